The van der Waals surface area contributed by atoms with Crippen LogP contribution in [-0.2, 0) is 15.8 Å². The fourth-order valence-electron chi connectivity index (χ4n) is 3.47. The number of methoxy groups -OCH3 is 1. The summed E-state index contributed by atoms with van der Waals surface area (Å²) in [4.78, 5) is 0.128. The Kier molecular flexibility index (Phi) is 7.81. The number of halogens is 1. The molecule has 0 aliphatic rings. The maximum Gasteiger partial charge on any atom is 0.241 e. The van der Waals surface area contributed by atoms with Crippen molar-refractivity contribution < 1.29 is 13.2 Å². The van der Waals surface area contributed by atoms with Gasteiger partial charge in [0, 0.05) is 16.5 Å². The molecule has 182 valence electrons. The summed E-state index contributed by atoms with van der Waals surface area (Å²) >= 11 is 7.43. The van der Waals surface area contributed by atoms with Crippen LogP contribution in [0.4, 0.5) is 0 Å². The number of aryl methyl sites for hydroxylation is 1. The van der Waals surface area contributed by atoms with Gasteiger partial charge in [0.25, 0.3) is 0 Å². The van der Waals surface area contributed by atoms with Crippen molar-refractivity contribution in [3.63, 3.8) is 0 Å². The third-order valence-electron chi connectivity index (χ3n) is 5.30. The van der Waals surface area contributed by atoms with Crippen LogP contribution < -0.4 is 9.46 Å². The molecule has 0 amide bonds. The van der Waals surface area contributed by atoms with Crippen molar-refractivity contribution >= 4 is 33.4 Å². The van der Waals surface area contributed by atoms with Crippen LogP contribution in [0.1, 0.15) is 29.9 Å². The first-order valence-corrected chi connectivity index (χ1v) is 13.7. The summed E-state index contributed by atoms with van der Waals surface area (Å²) < 4.78 is 35.9. The van der Waals surface area contributed by atoms with Gasteiger partial charge in [0.05, 0.1) is 18.0 Å². The topological polar surface area (TPSA) is 86.1 Å². The second-order valence-corrected chi connectivity index (χ2v) is 11.0. The average Bonchev–Trinajstić information content (AvgIpc) is 3.27. The van der Waals surface area contributed by atoms with Crippen LogP contribution in [-0.4, -0.2) is 30.3 Å². The van der Waals surface area contributed by atoms with Gasteiger partial charge in [-0.1, -0.05) is 53.2 Å². The van der Waals surface area contributed by atoms with E-state index in [0.29, 0.717) is 21.8 Å². The molecule has 1 unspecified atom stereocenters. The Balaban J connectivity index is 1.65. The van der Waals surface area contributed by atoms with E-state index in [1.165, 1.54) is 23.9 Å². The zero-order valence-corrected chi connectivity index (χ0v) is 21.9. The molecule has 4 rings (SSSR count). The molecule has 0 bridgehead atoms. The molecular weight excluding hydrogens is 504 g/mol. The van der Waals surface area contributed by atoms with Crippen molar-refractivity contribution in [2.75, 3.05) is 7.11 Å². The number of benzene rings is 3. The molecule has 0 fully saturated rings. The maximum atomic E-state index is 13.0. The number of thioether (sulfide) groups is 1. The molecule has 7 nitrogen and oxygen atoms in total. The largest absolute Gasteiger partial charge is 0.497 e. The highest BCUT2D eigenvalue weighted by Crippen LogP contribution is 2.29. The molecule has 1 N–H and O–H groups in total. The Labute approximate surface area is 214 Å². The lowest BCUT2D eigenvalue weighted by Gasteiger charge is -2.17. The summed E-state index contributed by atoms with van der Waals surface area (Å²) in [7, 11) is -2.16. The van der Waals surface area contributed by atoms with Crippen LogP contribution in [0, 0.1) is 6.92 Å². The number of sulfonamides is 1. The van der Waals surface area contributed by atoms with Gasteiger partial charge in [0.15, 0.2) is 11.0 Å². The second-order valence-electron chi connectivity index (χ2n) is 7.95. The molecule has 0 aliphatic carbocycles. The summed E-state index contributed by atoms with van der Waals surface area (Å²) in [6.45, 7) is 3.76. The molecule has 4 aromatic rings. The molecule has 3 aromatic carbocycles. The smallest absolute Gasteiger partial charge is 0.241 e. The van der Waals surface area contributed by atoms with E-state index in [-0.39, 0.29) is 4.90 Å². The lowest BCUT2D eigenvalue weighted by atomic mass is 10.2. The highest BCUT2D eigenvalue weighted by Gasteiger charge is 2.25. The number of hydrogen-bond acceptors (Lipinski definition) is 6. The third-order valence-corrected chi connectivity index (χ3v) is 8.10. The van der Waals surface area contributed by atoms with Gasteiger partial charge in [-0.2, -0.15) is 0 Å². The first kappa shape index (κ1) is 25.2. The number of nitrogens with zero attached hydrogens (tertiary/aromatic N) is 3. The Morgan fingerprint density at radius 2 is 1.77 bits per heavy atom. The van der Waals surface area contributed by atoms with Gasteiger partial charge >= 0.3 is 0 Å². The monoisotopic (exact) mass is 528 g/mol. The third kappa shape index (κ3) is 6.05. The Morgan fingerprint density at radius 3 is 2.46 bits per heavy atom. The van der Waals surface area contributed by atoms with Crippen LogP contribution >= 0.6 is 23.4 Å². The predicted octanol–water partition coefficient (Wildman–Crippen LogP) is 5.57. The minimum Gasteiger partial charge on any atom is -0.497 e. The molecule has 0 saturated carbocycles. The van der Waals surface area contributed by atoms with Gasteiger partial charge in [0.1, 0.15) is 5.75 Å². The van der Waals surface area contributed by atoms with Crippen LogP contribution in [0.2, 0.25) is 5.02 Å². The van der Waals surface area contributed by atoms with Crippen molar-refractivity contribution in [3.8, 4) is 11.4 Å². The first-order chi connectivity index (χ1) is 16.8. The fourth-order valence-corrected chi connectivity index (χ4v) is 5.70. The highest BCUT2D eigenvalue weighted by molar-refractivity contribution is 7.98. The number of aromatic nitrogens is 3. The van der Waals surface area contributed by atoms with Crippen LogP contribution in [0.25, 0.3) is 5.69 Å². The van der Waals surface area contributed by atoms with E-state index in [1.807, 2.05) is 60.0 Å². The van der Waals surface area contributed by atoms with E-state index in [1.54, 1.807) is 26.2 Å². The molecule has 1 atom stereocenters. The molecule has 1 heterocycles. The van der Waals surface area contributed by atoms with Crippen molar-refractivity contribution in [1.82, 2.24) is 19.5 Å². The summed E-state index contributed by atoms with van der Waals surface area (Å²) in [6.07, 6.45) is 0. The number of rotatable bonds is 9. The van der Waals surface area contributed by atoms with Crippen molar-refractivity contribution in [2.45, 2.75) is 35.7 Å². The van der Waals surface area contributed by atoms with Crippen LogP contribution in [0.15, 0.2) is 82.8 Å². The first-order valence-electron chi connectivity index (χ1n) is 10.8. The molecule has 0 saturated heterocycles. The van der Waals surface area contributed by atoms with E-state index in [4.69, 9.17) is 16.3 Å². The summed E-state index contributed by atoms with van der Waals surface area (Å²) in [5, 5.41) is 9.90. The summed E-state index contributed by atoms with van der Waals surface area (Å²) in [6, 6.07) is 21.2. The zero-order chi connectivity index (χ0) is 25.0. The molecule has 0 aliphatic heterocycles. The Bertz CT molecular complexity index is 1410. The van der Waals surface area contributed by atoms with Gasteiger partial charge in [-0.25, -0.2) is 13.1 Å². The van der Waals surface area contributed by atoms with Gasteiger partial charge in [-0.15, -0.1) is 10.2 Å². The van der Waals surface area contributed by atoms with Gasteiger partial charge < -0.3 is 4.74 Å². The van der Waals surface area contributed by atoms with E-state index in [0.717, 1.165) is 22.6 Å². The number of nitrogens with one attached hydrogen (secondary N) is 1. The Hall–Kier alpha value is -2.85. The highest BCUT2D eigenvalue weighted by atomic mass is 35.5. The number of ether oxygens (including phenoxy) is 1. The van der Waals surface area contributed by atoms with Gasteiger partial charge in [0.2, 0.25) is 10.0 Å². The van der Waals surface area contributed by atoms with E-state index in [9.17, 15) is 8.42 Å². The van der Waals surface area contributed by atoms with E-state index in [2.05, 4.69) is 14.9 Å². The van der Waals surface area contributed by atoms with Crippen LogP contribution in [0.5, 0.6) is 5.75 Å². The normalized spacial score (nSPS) is 12.5. The molecule has 10 heteroatoms. The predicted molar refractivity (Wildman–Crippen MR) is 139 cm³/mol. The van der Waals surface area contributed by atoms with Crippen molar-refractivity contribution in [2.24, 2.45) is 0 Å². The SMILES string of the molecule is COc1cccc(CSc2nnc(C(C)NS(=O)(=O)c3ccc(Cl)cc3)n2-c2ccc(C)cc2)c1. The van der Waals surface area contributed by atoms with Crippen LogP contribution in [0.3, 0.4) is 0 Å². The minimum absolute atomic E-state index is 0.128. The lowest BCUT2D eigenvalue weighted by Crippen LogP contribution is -2.28. The molecule has 35 heavy (non-hydrogen) atoms. The molecule has 0 spiro atoms. The van der Waals surface area contributed by atoms with Gasteiger partial charge in [-0.3, -0.25) is 4.57 Å². The second kappa shape index (κ2) is 10.8. The van der Waals surface area contributed by atoms with Crippen molar-refractivity contribution in [1.29, 1.82) is 0 Å². The maximum absolute atomic E-state index is 13.0. The van der Waals surface area contributed by atoms with E-state index >= 15 is 0 Å². The van der Waals surface area contributed by atoms with Crippen molar-refractivity contribution in [3.05, 3.63) is 94.8 Å². The summed E-state index contributed by atoms with van der Waals surface area (Å²) in [5.41, 5.74) is 3.04. The Morgan fingerprint density at radius 1 is 1.06 bits per heavy atom. The standard InChI is InChI=1S/C25H25ClN4O3S2/c1-17-7-11-21(12-8-17)30-24(18(2)29-35(31,32)23-13-9-20(26)10-14-23)27-28-25(30)34-16-19-5-4-6-22(15-19)33-3/h4-15,18,29H,16H2,1-3H3. The fraction of sp³-hybridized carbons (Fsp3) is 0.200. The minimum atomic E-state index is -3.79. The summed E-state index contributed by atoms with van der Waals surface area (Å²) in [5.74, 6) is 1.92. The number of hydrogen-bond donors (Lipinski definition) is 1. The average molecular weight is 529 g/mol. The molecular formula is C25H25ClN4O3S2. The molecule has 0 radical (unpaired) electrons. The van der Waals surface area contributed by atoms with E-state index < -0.39 is 16.1 Å². The lowest BCUT2D eigenvalue weighted by molar-refractivity contribution is 0.414. The zero-order valence-electron chi connectivity index (χ0n) is 19.5. The quantitative estimate of drug-likeness (QED) is 0.286. The molecule has 1 aromatic heterocycles. The van der Waals surface area contributed by atoms with Gasteiger partial charge in [-0.05, 0) is 67.9 Å².